The number of non-ortho nitro benzene ring substituents is 1. The number of benzene rings is 1. The molecule has 0 bridgehead atoms. The maximum atomic E-state index is 11.3. The van der Waals surface area contributed by atoms with Gasteiger partial charge in [-0.15, -0.1) is 0 Å². The fourth-order valence-corrected chi connectivity index (χ4v) is 1.82. The first-order valence-corrected chi connectivity index (χ1v) is 6.65. The van der Waals surface area contributed by atoms with Gasteiger partial charge in [0, 0.05) is 12.3 Å². The average Bonchev–Trinajstić information content (AvgIpc) is 2.59. The van der Waals surface area contributed by atoms with Crippen LogP contribution in [0.25, 0.3) is 10.9 Å². The van der Waals surface area contributed by atoms with Crippen LogP contribution in [0.4, 0.5) is 10.5 Å². The molecule has 2 rings (SSSR count). The van der Waals surface area contributed by atoms with Crippen molar-refractivity contribution in [3.63, 3.8) is 0 Å². The standard InChI is InChI=1S/C14H13N3O7/c1-22-12(18)7-16-14(19)24-8-23-11-5-4-10(17(20)21)9-3-2-6-15-13(9)11/h2-6H,7-8H2,1H3,(H,16,19). The van der Waals surface area contributed by atoms with Crippen molar-refractivity contribution in [2.45, 2.75) is 0 Å². The molecule has 1 amide bonds. The Hall–Kier alpha value is -3.43. The summed E-state index contributed by atoms with van der Waals surface area (Å²) in [5.41, 5.74) is 0.160. The number of alkyl carbamates (subject to hydrolysis) is 1. The molecule has 0 saturated heterocycles. The molecule has 0 aliphatic rings. The Kier molecular flexibility index (Phi) is 5.45. The highest BCUT2D eigenvalue weighted by Crippen LogP contribution is 2.31. The van der Waals surface area contributed by atoms with Gasteiger partial charge in [-0.2, -0.15) is 0 Å². The molecule has 0 saturated carbocycles. The number of carbonyl (C=O) groups is 2. The molecule has 126 valence electrons. The predicted octanol–water partition coefficient (Wildman–Crippen LogP) is 1.38. The van der Waals surface area contributed by atoms with Crippen LogP contribution in [0.1, 0.15) is 0 Å². The second-order valence-corrected chi connectivity index (χ2v) is 4.36. The van der Waals surface area contributed by atoms with Crippen molar-refractivity contribution < 1.29 is 28.7 Å². The molecule has 10 heteroatoms. The molecule has 0 unspecified atom stereocenters. The Labute approximate surface area is 135 Å². The number of nitro benzene ring substituents is 1. The number of hydrogen-bond acceptors (Lipinski definition) is 8. The number of rotatable bonds is 6. The van der Waals surface area contributed by atoms with Crippen LogP contribution in [-0.2, 0) is 14.3 Å². The average molecular weight is 335 g/mol. The van der Waals surface area contributed by atoms with Crippen molar-refractivity contribution in [1.82, 2.24) is 10.3 Å². The van der Waals surface area contributed by atoms with Gasteiger partial charge < -0.3 is 19.5 Å². The van der Waals surface area contributed by atoms with E-state index in [9.17, 15) is 19.7 Å². The summed E-state index contributed by atoms with van der Waals surface area (Å²) in [5, 5.41) is 13.5. The summed E-state index contributed by atoms with van der Waals surface area (Å²) in [5.74, 6) is -0.407. The smallest absolute Gasteiger partial charge is 0.410 e. The Morgan fingerprint density at radius 1 is 1.33 bits per heavy atom. The third kappa shape index (κ3) is 4.06. The lowest BCUT2D eigenvalue weighted by Gasteiger charge is -2.10. The minimum Gasteiger partial charge on any atom is -0.468 e. The van der Waals surface area contributed by atoms with Crippen molar-refractivity contribution in [2.24, 2.45) is 0 Å². The van der Waals surface area contributed by atoms with E-state index in [2.05, 4.69) is 15.0 Å². The van der Waals surface area contributed by atoms with Crippen molar-refractivity contribution in [3.05, 3.63) is 40.6 Å². The number of amides is 1. The summed E-state index contributed by atoms with van der Waals surface area (Å²) in [7, 11) is 1.19. The minimum absolute atomic E-state index is 0.109. The molecule has 1 aromatic heterocycles. The molecule has 1 aromatic carbocycles. The summed E-state index contributed by atoms with van der Waals surface area (Å²) >= 11 is 0. The number of esters is 1. The maximum Gasteiger partial charge on any atom is 0.410 e. The number of methoxy groups -OCH3 is 1. The summed E-state index contributed by atoms with van der Waals surface area (Å²) in [6, 6.07) is 5.74. The normalized spacial score (nSPS) is 10.0. The van der Waals surface area contributed by atoms with E-state index in [1.165, 1.54) is 31.5 Å². The molecule has 0 fully saturated rings. The number of nitrogens with one attached hydrogen (secondary N) is 1. The van der Waals surface area contributed by atoms with Crippen LogP contribution in [-0.4, -0.2) is 42.4 Å². The maximum absolute atomic E-state index is 11.3. The van der Waals surface area contributed by atoms with Gasteiger partial charge in [0.05, 0.1) is 17.4 Å². The van der Waals surface area contributed by atoms with Gasteiger partial charge in [-0.3, -0.25) is 19.9 Å². The highest BCUT2D eigenvalue weighted by atomic mass is 16.7. The lowest BCUT2D eigenvalue weighted by molar-refractivity contribution is -0.383. The molecule has 0 aliphatic carbocycles. The van der Waals surface area contributed by atoms with Crippen LogP contribution in [0.5, 0.6) is 5.75 Å². The number of hydrogen-bond donors (Lipinski definition) is 1. The summed E-state index contributed by atoms with van der Waals surface area (Å²) in [4.78, 5) is 36.7. The van der Waals surface area contributed by atoms with E-state index in [0.717, 1.165) is 0 Å². The van der Waals surface area contributed by atoms with Gasteiger partial charge in [0.25, 0.3) is 5.69 Å². The first kappa shape index (κ1) is 16.9. The monoisotopic (exact) mass is 335 g/mol. The van der Waals surface area contributed by atoms with E-state index in [0.29, 0.717) is 5.39 Å². The Morgan fingerprint density at radius 2 is 2.12 bits per heavy atom. The second kappa shape index (κ2) is 7.72. The molecular weight excluding hydrogens is 322 g/mol. The molecule has 2 aromatic rings. The number of pyridine rings is 1. The lowest BCUT2D eigenvalue weighted by atomic mass is 10.1. The van der Waals surface area contributed by atoms with Gasteiger partial charge in [0.1, 0.15) is 17.8 Å². The zero-order valence-electron chi connectivity index (χ0n) is 12.6. The molecule has 10 nitrogen and oxygen atoms in total. The van der Waals surface area contributed by atoms with Crippen LogP contribution < -0.4 is 10.1 Å². The molecule has 0 aliphatic heterocycles. The third-order valence-electron chi connectivity index (χ3n) is 2.92. The number of fused-ring (bicyclic) bond motifs is 1. The molecule has 1 heterocycles. The summed E-state index contributed by atoms with van der Waals surface area (Å²) in [6.07, 6.45) is 0.586. The highest BCUT2D eigenvalue weighted by Gasteiger charge is 2.16. The van der Waals surface area contributed by atoms with Crippen LogP contribution in [0, 0.1) is 10.1 Å². The minimum atomic E-state index is -0.875. The van der Waals surface area contributed by atoms with Gasteiger partial charge in [-0.25, -0.2) is 4.79 Å². The van der Waals surface area contributed by atoms with E-state index < -0.39 is 23.8 Å². The molecular formula is C14H13N3O7. The van der Waals surface area contributed by atoms with Gasteiger partial charge in [-0.1, -0.05) is 0 Å². The van der Waals surface area contributed by atoms with Crippen molar-refractivity contribution in [1.29, 1.82) is 0 Å². The number of aromatic nitrogens is 1. The fraction of sp³-hybridized carbons (Fsp3) is 0.214. The van der Waals surface area contributed by atoms with Gasteiger partial charge in [0.15, 0.2) is 0 Å². The fourth-order valence-electron chi connectivity index (χ4n) is 1.82. The largest absolute Gasteiger partial charge is 0.468 e. The first-order chi connectivity index (χ1) is 11.5. The van der Waals surface area contributed by atoms with Crippen LogP contribution in [0.2, 0.25) is 0 Å². The molecule has 24 heavy (non-hydrogen) atoms. The first-order valence-electron chi connectivity index (χ1n) is 6.65. The van der Waals surface area contributed by atoms with Crippen molar-refractivity contribution in [3.8, 4) is 5.75 Å². The van der Waals surface area contributed by atoms with Crippen molar-refractivity contribution in [2.75, 3.05) is 20.4 Å². The van der Waals surface area contributed by atoms with E-state index in [4.69, 9.17) is 9.47 Å². The van der Waals surface area contributed by atoms with Gasteiger partial charge in [0.2, 0.25) is 6.79 Å². The zero-order chi connectivity index (χ0) is 17.5. The Bertz CT molecular complexity index is 778. The summed E-state index contributed by atoms with van der Waals surface area (Å²) < 4.78 is 14.3. The molecule has 0 atom stereocenters. The topological polar surface area (TPSA) is 130 Å². The quantitative estimate of drug-likeness (QED) is 0.362. The third-order valence-corrected chi connectivity index (χ3v) is 2.92. The number of nitrogens with zero attached hydrogens (tertiary/aromatic N) is 2. The Morgan fingerprint density at radius 3 is 2.83 bits per heavy atom. The van der Waals surface area contributed by atoms with Gasteiger partial charge in [-0.05, 0) is 18.2 Å². The van der Waals surface area contributed by atoms with Crippen LogP contribution >= 0.6 is 0 Å². The lowest BCUT2D eigenvalue weighted by Crippen LogP contribution is -2.31. The number of nitro groups is 1. The van der Waals surface area contributed by atoms with Crippen LogP contribution in [0.3, 0.4) is 0 Å². The van der Waals surface area contributed by atoms with E-state index in [1.807, 2.05) is 0 Å². The predicted molar refractivity (Wildman–Crippen MR) is 80.4 cm³/mol. The molecule has 0 radical (unpaired) electrons. The van der Waals surface area contributed by atoms with Crippen molar-refractivity contribution >= 4 is 28.7 Å². The van der Waals surface area contributed by atoms with E-state index in [1.54, 1.807) is 6.07 Å². The Balaban J connectivity index is 2.01. The number of ether oxygens (including phenoxy) is 3. The second-order valence-electron chi connectivity index (χ2n) is 4.36. The van der Waals surface area contributed by atoms with E-state index in [-0.39, 0.29) is 23.5 Å². The number of carbonyl (C=O) groups excluding carboxylic acids is 2. The molecule has 1 N–H and O–H groups in total. The van der Waals surface area contributed by atoms with Gasteiger partial charge >= 0.3 is 12.1 Å². The van der Waals surface area contributed by atoms with E-state index >= 15 is 0 Å². The van der Waals surface area contributed by atoms with Crippen LogP contribution in [0.15, 0.2) is 30.5 Å². The molecule has 0 spiro atoms. The SMILES string of the molecule is COC(=O)CNC(=O)OCOc1ccc([N+](=O)[O-])c2cccnc12. The zero-order valence-corrected chi connectivity index (χ0v) is 12.6. The highest BCUT2D eigenvalue weighted by molar-refractivity contribution is 5.92. The summed E-state index contributed by atoms with van der Waals surface area (Å²) in [6.45, 7) is -0.798.